The molecule has 0 bridgehead atoms. The van der Waals surface area contributed by atoms with E-state index in [0.717, 1.165) is 0 Å². The van der Waals surface area contributed by atoms with Gasteiger partial charge in [-0.1, -0.05) is 12.1 Å². The van der Waals surface area contributed by atoms with Crippen LogP contribution in [0.15, 0.2) is 42.5 Å². The van der Waals surface area contributed by atoms with Gasteiger partial charge in [0.15, 0.2) is 11.6 Å². The lowest BCUT2D eigenvalue weighted by Gasteiger charge is -2.26. The van der Waals surface area contributed by atoms with Crippen molar-refractivity contribution in [3.8, 4) is 5.75 Å². The Morgan fingerprint density at radius 1 is 1.24 bits per heavy atom. The van der Waals surface area contributed by atoms with Crippen molar-refractivity contribution < 1.29 is 23.4 Å². The molecule has 0 spiro atoms. The van der Waals surface area contributed by atoms with Crippen LogP contribution in [0.4, 0.5) is 20.2 Å². The van der Waals surface area contributed by atoms with E-state index in [1.54, 1.807) is 23.1 Å². The number of aliphatic hydroxyl groups is 1. The van der Waals surface area contributed by atoms with E-state index in [4.69, 9.17) is 4.74 Å². The Morgan fingerprint density at radius 2 is 2.04 bits per heavy atom. The van der Waals surface area contributed by atoms with Gasteiger partial charge in [-0.2, -0.15) is 0 Å². The van der Waals surface area contributed by atoms with E-state index in [-0.39, 0.29) is 31.2 Å². The Hall–Kier alpha value is -2.67. The highest BCUT2D eigenvalue weighted by Gasteiger charge is 2.22. The van der Waals surface area contributed by atoms with Gasteiger partial charge in [-0.3, -0.25) is 4.79 Å². The highest BCUT2D eigenvalue weighted by atomic mass is 19.1. The minimum atomic E-state index is -0.911. The van der Waals surface area contributed by atoms with Crippen molar-refractivity contribution >= 4 is 17.3 Å². The SMILES string of the molecule is O=C1CCN(C[C@H](O)COc2ccccc2F)c2ccc(F)cc2N1. The first-order valence-electron chi connectivity index (χ1n) is 7.92. The highest BCUT2D eigenvalue weighted by Crippen LogP contribution is 2.29. The molecule has 132 valence electrons. The molecule has 2 aromatic rings. The number of nitrogens with one attached hydrogen (secondary N) is 1. The summed E-state index contributed by atoms with van der Waals surface area (Å²) in [7, 11) is 0. The number of nitrogens with zero attached hydrogens (tertiary/aromatic N) is 1. The number of hydrogen-bond acceptors (Lipinski definition) is 4. The maximum Gasteiger partial charge on any atom is 0.226 e. The lowest BCUT2D eigenvalue weighted by atomic mass is 10.2. The Morgan fingerprint density at radius 3 is 2.84 bits per heavy atom. The molecule has 25 heavy (non-hydrogen) atoms. The minimum Gasteiger partial charge on any atom is -0.488 e. The summed E-state index contributed by atoms with van der Waals surface area (Å²) < 4.78 is 32.3. The van der Waals surface area contributed by atoms with Crippen LogP contribution in [0.3, 0.4) is 0 Å². The third-order valence-corrected chi connectivity index (χ3v) is 3.88. The number of fused-ring (bicyclic) bond motifs is 1. The Balaban J connectivity index is 1.67. The third kappa shape index (κ3) is 4.24. The van der Waals surface area contributed by atoms with Gasteiger partial charge in [0.2, 0.25) is 5.91 Å². The van der Waals surface area contributed by atoms with Crippen LogP contribution in [0.5, 0.6) is 5.75 Å². The van der Waals surface area contributed by atoms with E-state index in [2.05, 4.69) is 5.32 Å². The first-order valence-corrected chi connectivity index (χ1v) is 7.92. The summed E-state index contributed by atoms with van der Waals surface area (Å²) in [6.45, 7) is 0.443. The number of halogens is 2. The Labute approximate surface area is 143 Å². The molecule has 2 aromatic carbocycles. The van der Waals surface area contributed by atoms with E-state index in [1.807, 2.05) is 0 Å². The fourth-order valence-electron chi connectivity index (χ4n) is 2.70. The number of aliphatic hydroxyl groups excluding tert-OH is 1. The third-order valence-electron chi connectivity index (χ3n) is 3.88. The van der Waals surface area contributed by atoms with Gasteiger partial charge in [0.05, 0.1) is 11.4 Å². The van der Waals surface area contributed by atoms with Gasteiger partial charge in [0, 0.05) is 19.5 Å². The molecule has 3 rings (SSSR count). The largest absolute Gasteiger partial charge is 0.488 e. The average Bonchev–Trinajstić information content (AvgIpc) is 2.72. The first kappa shape index (κ1) is 17.2. The van der Waals surface area contributed by atoms with Gasteiger partial charge >= 0.3 is 0 Å². The number of hydrogen-bond donors (Lipinski definition) is 2. The van der Waals surface area contributed by atoms with Gasteiger partial charge in [-0.15, -0.1) is 0 Å². The van der Waals surface area contributed by atoms with Gasteiger partial charge < -0.3 is 20.1 Å². The first-order chi connectivity index (χ1) is 12.0. The van der Waals surface area contributed by atoms with Crippen LogP contribution in [-0.2, 0) is 4.79 Å². The van der Waals surface area contributed by atoms with Crippen molar-refractivity contribution in [2.75, 3.05) is 29.9 Å². The van der Waals surface area contributed by atoms with Crippen molar-refractivity contribution in [1.29, 1.82) is 0 Å². The van der Waals surface area contributed by atoms with Crippen LogP contribution in [0.25, 0.3) is 0 Å². The average molecular weight is 348 g/mol. The summed E-state index contributed by atoms with van der Waals surface area (Å²) in [4.78, 5) is 13.5. The van der Waals surface area contributed by atoms with Crippen molar-refractivity contribution in [2.45, 2.75) is 12.5 Å². The molecule has 7 heteroatoms. The fraction of sp³-hybridized carbons (Fsp3) is 0.278. The zero-order chi connectivity index (χ0) is 17.8. The molecule has 2 N–H and O–H groups in total. The Kier molecular flexibility index (Phi) is 5.14. The maximum absolute atomic E-state index is 13.5. The predicted molar refractivity (Wildman–Crippen MR) is 89.8 cm³/mol. The summed E-state index contributed by atoms with van der Waals surface area (Å²) in [5.74, 6) is -1.10. The van der Waals surface area contributed by atoms with Crippen LogP contribution in [0, 0.1) is 11.6 Å². The molecule has 0 aromatic heterocycles. The van der Waals surface area contributed by atoms with Crippen LogP contribution in [0.1, 0.15) is 6.42 Å². The Bertz CT molecular complexity index is 770. The van der Waals surface area contributed by atoms with Crippen LogP contribution in [0.2, 0.25) is 0 Å². The highest BCUT2D eigenvalue weighted by molar-refractivity contribution is 5.96. The van der Waals surface area contributed by atoms with Gasteiger partial charge in [-0.05, 0) is 30.3 Å². The van der Waals surface area contributed by atoms with Crippen LogP contribution >= 0.6 is 0 Å². The molecule has 1 atom stereocenters. The van der Waals surface area contributed by atoms with Crippen molar-refractivity contribution in [3.63, 3.8) is 0 Å². The molecule has 1 aliphatic rings. The van der Waals surface area contributed by atoms with Gasteiger partial charge in [-0.25, -0.2) is 8.78 Å². The van der Waals surface area contributed by atoms with E-state index >= 15 is 0 Å². The molecule has 1 amide bonds. The molecule has 0 fully saturated rings. The smallest absolute Gasteiger partial charge is 0.226 e. The summed E-state index contributed by atoms with van der Waals surface area (Å²) >= 11 is 0. The maximum atomic E-state index is 13.5. The number of carbonyl (C=O) groups excluding carboxylic acids is 1. The second kappa shape index (κ2) is 7.48. The van der Waals surface area contributed by atoms with Gasteiger partial charge in [0.1, 0.15) is 18.5 Å². The second-order valence-electron chi connectivity index (χ2n) is 5.80. The fourth-order valence-corrected chi connectivity index (χ4v) is 2.70. The predicted octanol–water partition coefficient (Wildman–Crippen LogP) is 2.55. The lowest BCUT2D eigenvalue weighted by Crippen LogP contribution is -2.36. The number of anilines is 2. The summed E-state index contributed by atoms with van der Waals surface area (Å²) in [6.07, 6.45) is -0.692. The van der Waals surface area contributed by atoms with Crippen molar-refractivity contribution in [3.05, 3.63) is 54.1 Å². The zero-order valence-corrected chi connectivity index (χ0v) is 13.4. The minimum absolute atomic E-state index is 0.0664. The number of rotatable bonds is 5. The molecule has 1 heterocycles. The van der Waals surface area contributed by atoms with Crippen molar-refractivity contribution in [1.82, 2.24) is 0 Å². The summed E-state index contributed by atoms with van der Waals surface area (Å²) in [5.41, 5.74) is 0.988. The molecule has 0 saturated carbocycles. The van der Waals surface area contributed by atoms with E-state index in [1.165, 1.54) is 24.3 Å². The normalized spacial score (nSPS) is 15.2. The number of ether oxygens (including phenoxy) is 1. The number of carbonyl (C=O) groups is 1. The molecule has 0 saturated heterocycles. The topological polar surface area (TPSA) is 61.8 Å². The standard InChI is InChI=1S/C18H18F2N2O3/c19-12-5-6-16-15(9-12)21-18(24)7-8-22(16)10-13(23)11-25-17-4-2-1-3-14(17)20/h1-6,9,13,23H,7-8,10-11H2,(H,21,24)/t13-/m0/s1. The number of benzene rings is 2. The van der Waals surface area contributed by atoms with E-state index < -0.39 is 17.7 Å². The molecule has 0 aliphatic carbocycles. The number of β-amino-alcohol motifs (C(OH)–C–C–N with tert-alkyl or cyclic N) is 1. The van der Waals surface area contributed by atoms with E-state index in [9.17, 15) is 18.7 Å². The zero-order valence-electron chi connectivity index (χ0n) is 13.4. The van der Waals surface area contributed by atoms with Crippen LogP contribution in [-0.4, -0.2) is 36.8 Å². The van der Waals surface area contributed by atoms with E-state index in [0.29, 0.717) is 17.9 Å². The molecular weight excluding hydrogens is 330 g/mol. The van der Waals surface area contributed by atoms with Crippen molar-refractivity contribution in [2.24, 2.45) is 0 Å². The molecule has 5 nitrogen and oxygen atoms in total. The van der Waals surface area contributed by atoms with Gasteiger partial charge in [0.25, 0.3) is 0 Å². The molecular formula is C18H18F2N2O3. The molecule has 1 aliphatic heterocycles. The molecule has 0 unspecified atom stereocenters. The number of para-hydroxylation sites is 1. The van der Waals surface area contributed by atoms with Crippen LogP contribution < -0.4 is 15.0 Å². The summed E-state index contributed by atoms with van der Waals surface area (Å²) in [6, 6.07) is 10.0. The second-order valence-corrected chi connectivity index (χ2v) is 5.80. The summed E-state index contributed by atoms with van der Waals surface area (Å²) in [5, 5.41) is 12.9. The molecule has 0 radical (unpaired) electrons. The monoisotopic (exact) mass is 348 g/mol. The number of amides is 1. The lowest BCUT2D eigenvalue weighted by molar-refractivity contribution is -0.116. The quantitative estimate of drug-likeness (QED) is 0.872.